The Labute approximate surface area is 121 Å². The Hall–Kier alpha value is -0.990. The minimum atomic E-state index is -0.109. The van der Waals surface area contributed by atoms with E-state index in [2.05, 4.69) is 36.4 Å². The van der Waals surface area contributed by atoms with E-state index in [0.717, 1.165) is 13.8 Å². The monoisotopic (exact) mass is 344 g/mol. The molecule has 2 aromatic rings. The van der Waals surface area contributed by atoms with Gasteiger partial charge in [0.05, 0.1) is 5.75 Å². The Morgan fingerprint density at radius 2 is 2.33 bits per heavy atom. The number of thioether (sulfide) groups is 1. The van der Waals surface area contributed by atoms with E-state index in [0.29, 0.717) is 11.6 Å². The molecule has 0 bridgehead atoms. The lowest BCUT2D eigenvalue weighted by Crippen LogP contribution is -2.14. The molecule has 2 heterocycles. The standard InChI is InChI=1S/C10H9BrN4OS2/c1-6-14-15-10(18-6)17-5-9(16)13-8-3-2-7(11)4-12-8/h2-4H,5H2,1H3,(H,12,13,16). The molecule has 8 heteroatoms. The number of nitrogens with zero attached hydrogens (tertiary/aromatic N) is 3. The number of aromatic nitrogens is 3. The van der Waals surface area contributed by atoms with Gasteiger partial charge in [0, 0.05) is 10.7 Å². The van der Waals surface area contributed by atoms with Crippen LogP contribution in [0.3, 0.4) is 0 Å². The summed E-state index contributed by atoms with van der Waals surface area (Å²) in [4.78, 5) is 15.7. The molecule has 0 saturated carbocycles. The summed E-state index contributed by atoms with van der Waals surface area (Å²) in [5, 5.41) is 11.4. The number of pyridine rings is 1. The van der Waals surface area contributed by atoms with Gasteiger partial charge in [0.1, 0.15) is 10.8 Å². The quantitative estimate of drug-likeness (QED) is 0.863. The topological polar surface area (TPSA) is 67.8 Å². The minimum Gasteiger partial charge on any atom is -0.310 e. The minimum absolute atomic E-state index is 0.109. The summed E-state index contributed by atoms with van der Waals surface area (Å²) in [6, 6.07) is 3.56. The number of hydrogen-bond donors (Lipinski definition) is 1. The molecule has 0 aromatic carbocycles. The van der Waals surface area contributed by atoms with Crippen molar-refractivity contribution in [3.05, 3.63) is 27.8 Å². The zero-order chi connectivity index (χ0) is 13.0. The molecule has 0 unspecified atom stereocenters. The van der Waals surface area contributed by atoms with Crippen molar-refractivity contribution >= 4 is 50.8 Å². The predicted molar refractivity (Wildman–Crippen MR) is 75.9 cm³/mol. The van der Waals surface area contributed by atoms with Gasteiger partial charge < -0.3 is 5.32 Å². The average Bonchev–Trinajstić information content (AvgIpc) is 2.76. The molecule has 94 valence electrons. The fourth-order valence-corrected chi connectivity index (χ4v) is 2.94. The highest BCUT2D eigenvalue weighted by Gasteiger charge is 2.07. The van der Waals surface area contributed by atoms with Gasteiger partial charge in [-0.1, -0.05) is 23.1 Å². The third kappa shape index (κ3) is 4.04. The van der Waals surface area contributed by atoms with Crippen LogP contribution < -0.4 is 5.32 Å². The lowest BCUT2D eigenvalue weighted by atomic mass is 10.4. The summed E-state index contributed by atoms with van der Waals surface area (Å²) in [6.45, 7) is 1.88. The number of hydrogen-bond acceptors (Lipinski definition) is 6. The van der Waals surface area contributed by atoms with Crippen LogP contribution in [0.2, 0.25) is 0 Å². The van der Waals surface area contributed by atoms with E-state index in [1.54, 1.807) is 12.3 Å². The summed E-state index contributed by atoms with van der Waals surface area (Å²) in [5.41, 5.74) is 0. The maximum atomic E-state index is 11.7. The number of aryl methyl sites for hydroxylation is 1. The fraction of sp³-hybridized carbons (Fsp3) is 0.200. The third-order valence-electron chi connectivity index (χ3n) is 1.83. The number of carbonyl (C=O) groups excluding carboxylic acids is 1. The van der Waals surface area contributed by atoms with Crippen LogP contribution in [0, 0.1) is 6.92 Å². The third-order valence-corrected chi connectivity index (χ3v) is 4.27. The SMILES string of the molecule is Cc1nnc(SCC(=O)Nc2ccc(Br)cn2)s1. The van der Waals surface area contributed by atoms with Crippen molar-refractivity contribution in [2.75, 3.05) is 11.1 Å². The molecule has 1 amide bonds. The maximum absolute atomic E-state index is 11.7. The Kier molecular flexibility index (Phi) is 4.67. The number of nitrogens with one attached hydrogen (secondary N) is 1. The highest BCUT2D eigenvalue weighted by Crippen LogP contribution is 2.21. The average molecular weight is 345 g/mol. The van der Waals surface area contributed by atoms with Crippen molar-refractivity contribution in [2.45, 2.75) is 11.3 Å². The van der Waals surface area contributed by atoms with Crippen LogP contribution in [-0.2, 0) is 4.79 Å². The second-order valence-corrected chi connectivity index (χ2v) is 6.61. The van der Waals surface area contributed by atoms with E-state index < -0.39 is 0 Å². The number of halogens is 1. The van der Waals surface area contributed by atoms with Crippen LogP contribution in [-0.4, -0.2) is 26.8 Å². The molecule has 0 saturated heterocycles. The molecule has 2 rings (SSSR count). The first-order valence-electron chi connectivity index (χ1n) is 4.98. The molecular formula is C10H9BrN4OS2. The zero-order valence-electron chi connectivity index (χ0n) is 9.38. The number of amides is 1. The second-order valence-electron chi connectivity index (χ2n) is 3.29. The molecule has 0 fully saturated rings. The van der Waals surface area contributed by atoms with Crippen molar-refractivity contribution in [1.29, 1.82) is 0 Å². The van der Waals surface area contributed by atoms with Crippen molar-refractivity contribution in [2.24, 2.45) is 0 Å². The van der Waals surface area contributed by atoms with Gasteiger partial charge in [-0.05, 0) is 35.0 Å². The van der Waals surface area contributed by atoms with E-state index in [-0.39, 0.29) is 5.91 Å². The van der Waals surface area contributed by atoms with E-state index in [1.807, 2.05) is 13.0 Å². The lowest BCUT2D eigenvalue weighted by Gasteiger charge is -2.02. The molecule has 0 aliphatic carbocycles. The maximum Gasteiger partial charge on any atom is 0.235 e. The van der Waals surface area contributed by atoms with Gasteiger partial charge in [0.25, 0.3) is 0 Å². The van der Waals surface area contributed by atoms with Crippen LogP contribution in [0.25, 0.3) is 0 Å². The van der Waals surface area contributed by atoms with Crippen molar-refractivity contribution in [3.8, 4) is 0 Å². The Morgan fingerprint density at radius 3 is 2.94 bits per heavy atom. The highest BCUT2D eigenvalue weighted by atomic mass is 79.9. The molecule has 1 N–H and O–H groups in total. The zero-order valence-corrected chi connectivity index (χ0v) is 12.6. The molecular weight excluding hydrogens is 336 g/mol. The molecule has 5 nitrogen and oxygen atoms in total. The molecule has 0 aliphatic heterocycles. The van der Waals surface area contributed by atoms with Crippen molar-refractivity contribution in [3.63, 3.8) is 0 Å². The predicted octanol–water partition coefficient (Wildman–Crippen LogP) is 2.73. The Morgan fingerprint density at radius 1 is 1.50 bits per heavy atom. The van der Waals surface area contributed by atoms with E-state index in [9.17, 15) is 4.79 Å². The number of anilines is 1. The van der Waals surface area contributed by atoms with Crippen LogP contribution in [0.5, 0.6) is 0 Å². The highest BCUT2D eigenvalue weighted by molar-refractivity contribution is 9.10. The summed E-state index contributed by atoms with van der Waals surface area (Å²) in [6.07, 6.45) is 1.64. The molecule has 18 heavy (non-hydrogen) atoms. The van der Waals surface area contributed by atoms with Gasteiger partial charge in [-0.2, -0.15) is 0 Å². The molecule has 2 aromatic heterocycles. The van der Waals surface area contributed by atoms with E-state index >= 15 is 0 Å². The van der Waals surface area contributed by atoms with E-state index in [1.165, 1.54) is 23.1 Å². The fourth-order valence-electron chi connectivity index (χ4n) is 1.09. The van der Waals surface area contributed by atoms with Crippen LogP contribution >= 0.6 is 39.0 Å². The van der Waals surface area contributed by atoms with E-state index in [4.69, 9.17) is 0 Å². The van der Waals surface area contributed by atoms with Crippen LogP contribution in [0.4, 0.5) is 5.82 Å². The Balaban J connectivity index is 1.83. The molecule has 0 atom stereocenters. The number of carbonyl (C=O) groups is 1. The summed E-state index contributed by atoms with van der Waals surface area (Å²) >= 11 is 6.13. The molecule has 0 spiro atoms. The van der Waals surface area contributed by atoms with Gasteiger partial charge in [-0.15, -0.1) is 10.2 Å². The number of rotatable bonds is 4. The largest absolute Gasteiger partial charge is 0.310 e. The van der Waals surface area contributed by atoms with Gasteiger partial charge in [-0.25, -0.2) is 4.98 Å². The molecule has 0 radical (unpaired) electrons. The summed E-state index contributed by atoms with van der Waals surface area (Å²) < 4.78 is 1.67. The summed E-state index contributed by atoms with van der Waals surface area (Å²) in [7, 11) is 0. The van der Waals surface area contributed by atoms with Crippen LogP contribution in [0.1, 0.15) is 5.01 Å². The van der Waals surface area contributed by atoms with Crippen LogP contribution in [0.15, 0.2) is 27.1 Å². The first kappa shape index (κ1) is 13.4. The molecule has 0 aliphatic rings. The van der Waals surface area contributed by atoms with Crippen molar-refractivity contribution in [1.82, 2.24) is 15.2 Å². The first-order valence-corrected chi connectivity index (χ1v) is 7.57. The lowest BCUT2D eigenvalue weighted by molar-refractivity contribution is -0.113. The normalized spacial score (nSPS) is 10.3. The van der Waals surface area contributed by atoms with Gasteiger partial charge in [-0.3, -0.25) is 4.79 Å². The summed E-state index contributed by atoms with van der Waals surface area (Å²) in [5.74, 6) is 0.728. The first-order chi connectivity index (χ1) is 8.63. The Bertz CT molecular complexity index is 543. The second kappa shape index (κ2) is 6.26. The van der Waals surface area contributed by atoms with Crippen molar-refractivity contribution < 1.29 is 4.79 Å². The van der Waals surface area contributed by atoms with Gasteiger partial charge >= 0.3 is 0 Å². The smallest absolute Gasteiger partial charge is 0.235 e. The van der Waals surface area contributed by atoms with Gasteiger partial charge in [0.15, 0.2) is 4.34 Å². The van der Waals surface area contributed by atoms with Gasteiger partial charge in [0.2, 0.25) is 5.91 Å².